The van der Waals surface area contributed by atoms with E-state index in [9.17, 15) is 4.79 Å². The average molecular weight is 269 g/mol. The highest BCUT2D eigenvalue weighted by atomic mass is 16.5. The number of rotatable bonds is 2. The second kappa shape index (κ2) is 4.34. The molecule has 3 rings (SSSR count). The molecule has 1 aliphatic heterocycles. The van der Waals surface area contributed by atoms with Gasteiger partial charge in [0.05, 0.1) is 0 Å². The molecule has 0 amide bonds. The number of hydrogen-bond acceptors (Lipinski definition) is 3. The summed E-state index contributed by atoms with van der Waals surface area (Å²) in [4.78, 5) is 14.7. The maximum Gasteiger partial charge on any atom is 0.354 e. The molecule has 0 radical (unpaired) electrons. The quantitative estimate of drug-likeness (QED) is 0.909. The van der Waals surface area contributed by atoms with E-state index in [1.54, 1.807) is 12.3 Å². The van der Waals surface area contributed by atoms with Gasteiger partial charge in [-0.05, 0) is 43.2 Å². The van der Waals surface area contributed by atoms with Gasteiger partial charge in [-0.1, -0.05) is 12.1 Å². The highest BCUT2D eigenvalue weighted by molar-refractivity contribution is 5.85. The predicted octanol–water partition coefficient (Wildman–Crippen LogP) is 3.16. The van der Waals surface area contributed by atoms with E-state index in [2.05, 4.69) is 24.9 Å². The van der Waals surface area contributed by atoms with Gasteiger partial charge in [-0.15, -0.1) is 0 Å². The van der Waals surface area contributed by atoms with Crippen molar-refractivity contribution in [1.82, 2.24) is 4.98 Å². The molecule has 2 aromatic rings. The molecule has 1 aromatic carbocycles. The number of nitrogens with zero attached hydrogens (tertiary/aromatic N) is 1. The number of aromatic carboxylic acids is 1. The molecule has 0 saturated heterocycles. The molecule has 102 valence electrons. The largest absolute Gasteiger partial charge is 0.487 e. The lowest BCUT2D eigenvalue weighted by Gasteiger charge is -2.16. The van der Waals surface area contributed by atoms with Crippen molar-refractivity contribution in [2.75, 3.05) is 0 Å². The van der Waals surface area contributed by atoms with E-state index >= 15 is 0 Å². The Morgan fingerprint density at radius 3 is 2.65 bits per heavy atom. The van der Waals surface area contributed by atoms with Gasteiger partial charge in [0.15, 0.2) is 0 Å². The Labute approximate surface area is 117 Å². The zero-order valence-electron chi connectivity index (χ0n) is 11.4. The van der Waals surface area contributed by atoms with Crippen molar-refractivity contribution in [2.45, 2.75) is 25.9 Å². The molecule has 0 spiro atoms. The third kappa shape index (κ3) is 2.25. The molecule has 0 atom stereocenters. The lowest BCUT2D eigenvalue weighted by molar-refractivity contribution is 0.0690. The van der Waals surface area contributed by atoms with Crippen LogP contribution in [0.25, 0.3) is 11.1 Å². The number of carbonyl (C=O) groups is 1. The Bertz CT molecular complexity index is 675. The van der Waals surface area contributed by atoms with E-state index in [1.807, 2.05) is 12.1 Å². The van der Waals surface area contributed by atoms with E-state index in [4.69, 9.17) is 9.84 Å². The second-order valence-electron chi connectivity index (χ2n) is 5.60. The van der Waals surface area contributed by atoms with Crippen LogP contribution < -0.4 is 4.74 Å². The fraction of sp³-hybridized carbons (Fsp3) is 0.250. The highest BCUT2D eigenvalue weighted by Crippen LogP contribution is 2.37. The maximum absolute atomic E-state index is 10.8. The topological polar surface area (TPSA) is 59.4 Å². The van der Waals surface area contributed by atoms with Gasteiger partial charge in [-0.25, -0.2) is 9.78 Å². The van der Waals surface area contributed by atoms with Gasteiger partial charge < -0.3 is 9.84 Å². The van der Waals surface area contributed by atoms with E-state index in [0.29, 0.717) is 0 Å². The monoisotopic (exact) mass is 269 g/mol. The molecule has 0 bridgehead atoms. The van der Waals surface area contributed by atoms with Crippen molar-refractivity contribution >= 4 is 5.97 Å². The van der Waals surface area contributed by atoms with E-state index in [1.165, 1.54) is 11.6 Å². The van der Waals surface area contributed by atoms with E-state index in [0.717, 1.165) is 23.3 Å². The fourth-order valence-corrected chi connectivity index (χ4v) is 2.48. The molecular weight excluding hydrogens is 254 g/mol. The summed E-state index contributed by atoms with van der Waals surface area (Å²) in [7, 11) is 0. The lowest BCUT2D eigenvalue weighted by Crippen LogP contribution is -2.24. The molecule has 0 saturated carbocycles. The lowest BCUT2D eigenvalue weighted by atomic mass is 9.98. The van der Waals surface area contributed by atoms with Crippen LogP contribution in [0.2, 0.25) is 0 Å². The Balaban J connectivity index is 1.94. The molecule has 4 nitrogen and oxygen atoms in total. The van der Waals surface area contributed by atoms with Crippen molar-refractivity contribution in [3.8, 4) is 16.9 Å². The Morgan fingerprint density at radius 2 is 2.00 bits per heavy atom. The summed E-state index contributed by atoms with van der Waals surface area (Å²) >= 11 is 0. The van der Waals surface area contributed by atoms with Gasteiger partial charge in [0.25, 0.3) is 0 Å². The summed E-state index contributed by atoms with van der Waals surface area (Å²) in [5.41, 5.74) is 3.00. The molecule has 0 fully saturated rings. The zero-order valence-corrected chi connectivity index (χ0v) is 11.4. The second-order valence-corrected chi connectivity index (χ2v) is 5.60. The average Bonchev–Trinajstić information content (AvgIpc) is 2.71. The molecule has 1 N–H and O–H groups in total. The Morgan fingerprint density at radius 1 is 1.25 bits per heavy atom. The van der Waals surface area contributed by atoms with Gasteiger partial charge in [0.1, 0.15) is 17.0 Å². The van der Waals surface area contributed by atoms with Crippen molar-refractivity contribution in [3.63, 3.8) is 0 Å². The standard InChI is InChI=1S/C16H15NO3/c1-16(2)8-12-7-10(4-6-14(12)20-16)11-3-5-13(15(18)19)17-9-11/h3-7,9H,8H2,1-2H3,(H,18,19). The molecule has 1 aromatic heterocycles. The molecular formula is C16H15NO3. The summed E-state index contributed by atoms with van der Waals surface area (Å²) in [5, 5.41) is 8.85. The van der Waals surface area contributed by atoms with Crippen LogP contribution in [-0.4, -0.2) is 21.7 Å². The van der Waals surface area contributed by atoms with E-state index < -0.39 is 5.97 Å². The van der Waals surface area contributed by atoms with Crippen LogP contribution in [0.3, 0.4) is 0 Å². The number of hydrogen-bond donors (Lipinski definition) is 1. The van der Waals surface area contributed by atoms with Crippen LogP contribution in [0.5, 0.6) is 5.75 Å². The summed E-state index contributed by atoms with van der Waals surface area (Å²) < 4.78 is 5.84. The van der Waals surface area contributed by atoms with Crippen LogP contribution in [0.1, 0.15) is 29.9 Å². The number of pyridine rings is 1. The summed E-state index contributed by atoms with van der Waals surface area (Å²) in [6.07, 6.45) is 2.46. The zero-order chi connectivity index (χ0) is 14.3. The summed E-state index contributed by atoms with van der Waals surface area (Å²) in [5.74, 6) is -0.0884. The minimum absolute atomic E-state index is 0.0550. The van der Waals surface area contributed by atoms with Gasteiger partial charge >= 0.3 is 5.97 Å². The van der Waals surface area contributed by atoms with Crippen molar-refractivity contribution in [1.29, 1.82) is 0 Å². The molecule has 0 aliphatic carbocycles. The first kappa shape index (κ1) is 12.7. The minimum atomic E-state index is -1.01. The number of fused-ring (bicyclic) bond motifs is 1. The first-order valence-corrected chi connectivity index (χ1v) is 6.46. The molecule has 2 heterocycles. The van der Waals surface area contributed by atoms with Crippen molar-refractivity contribution < 1.29 is 14.6 Å². The summed E-state index contributed by atoms with van der Waals surface area (Å²) in [6, 6.07) is 9.31. The Kier molecular flexibility index (Phi) is 2.74. The predicted molar refractivity (Wildman–Crippen MR) is 75.0 cm³/mol. The number of ether oxygens (including phenoxy) is 1. The number of carboxylic acids is 1. The SMILES string of the molecule is CC1(C)Cc2cc(-c3ccc(C(=O)O)nc3)ccc2O1. The molecule has 1 aliphatic rings. The van der Waals surface area contributed by atoms with Crippen LogP contribution in [-0.2, 0) is 6.42 Å². The van der Waals surface area contributed by atoms with Crippen LogP contribution in [0, 0.1) is 0 Å². The van der Waals surface area contributed by atoms with Gasteiger partial charge in [-0.2, -0.15) is 0 Å². The molecule has 0 unspecified atom stereocenters. The summed E-state index contributed by atoms with van der Waals surface area (Å²) in [6.45, 7) is 4.13. The number of aromatic nitrogens is 1. The molecule has 20 heavy (non-hydrogen) atoms. The first-order chi connectivity index (χ1) is 9.44. The number of carboxylic acid groups (broad SMARTS) is 1. The normalized spacial score (nSPS) is 15.5. The maximum atomic E-state index is 10.8. The van der Waals surface area contributed by atoms with Crippen LogP contribution in [0.4, 0.5) is 0 Å². The minimum Gasteiger partial charge on any atom is -0.487 e. The van der Waals surface area contributed by atoms with Gasteiger partial charge in [0, 0.05) is 18.2 Å². The third-order valence-corrected chi connectivity index (χ3v) is 3.38. The van der Waals surface area contributed by atoms with Crippen molar-refractivity contribution in [3.05, 3.63) is 47.8 Å². The highest BCUT2D eigenvalue weighted by Gasteiger charge is 2.29. The Hall–Kier alpha value is -2.36. The molecule has 4 heteroatoms. The first-order valence-electron chi connectivity index (χ1n) is 6.46. The fourth-order valence-electron chi connectivity index (χ4n) is 2.48. The van der Waals surface area contributed by atoms with Crippen LogP contribution in [0.15, 0.2) is 36.5 Å². The van der Waals surface area contributed by atoms with Gasteiger partial charge in [-0.3, -0.25) is 0 Å². The number of benzene rings is 1. The van der Waals surface area contributed by atoms with Crippen LogP contribution >= 0.6 is 0 Å². The van der Waals surface area contributed by atoms with E-state index in [-0.39, 0.29) is 11.3 Å². The van der Waals surface area contributed by atoms with Crippen molar-refractivity contribution in [2.24, 2.45) is 0 Å². The smallest absolute Gasteiger partial charge is 0.354 e. The van der Waals surface area contributed by atoms with Gasteiger partial charge in [0.2, 0.25) is 0 Å². The third-order valence-electron chi connectivity index (χ3n) is 3.38.